The Morgan fingerprint density at radius 3 is 2.75 bits per heavy atom. The number of carbonyl (C=O) groups excluding carboxylic acids is 1. The van der Waals surface area contributed by atoms with Crippen molar-refractivity contribution in [2.75, 3.05) is 25.1 Å². The summed E-state index contributed by atoms with van der Waals surface area (Å²) in [5, 5.41) is 19.0. The Morgan fingerprint density at radius 2 is 2.10 bits per heavy atom. The zero-order chi connectivity index (χ0) is 14.2. The molecule has 2 aromatic rings. The van der Waals surface area contributed by atoms with Crippen molar-refractivity contribution < 1.29 is 14.6 Å². The van der Waals surface area contributed by atoms with Crippen LogP contribution >= 0.6 is 22.7 Å². The minimum Gasteiger partial charge on any atom is -0.394 e. The van der Waals surface area contributed by atoms with Crippen molar-refractivity contribution in [2.45, 2.75) is 6.10 Å². The normalized spacial score (nSPS) is 12.1. The highest BCUT2D eigenvalue weighted by Gasteiger charge is 2.14. The fourth-order valence-electron chi connectivity index (χ4n) is 1.60. The maximum atomic E-state index is 11.7. The first-order valence-electron chi connectivity index (χ1n) is 6.14. The van der Waals surface area contributed by atoms with Crippen LogP contribution in [0.3, 0.4) is 0 Å². The molecular formula is C13H16N2O3S2. The van der Waals surface area contributed by atoms with Gasteiger partial charge in [0, 0.05) is 4.88 Å². The van der Waals surface area contributed by atoms with E-state index in [2.05, 4.69) is 10.6 Å². The molecule has 2 amide bonds. The van der Waals surface area contributed by atoms with E-state index in [1.807, 2.05) is 35.0 Å². The highest BCUT2D eigenvalue weighted by molar-refractivity contribution is 7.14. The monoisotopic (exact) mass is 312 g/mol. The number of anilines is 1. The number of nitrogens with one attached hydrogen (secondary N) is 2. The van der Waals surface area contributed by atoms with Gasteiger partial charge < -0.3 is 15.2 Å². The van der Waals surface area contributed by atoms with Crippen molar-refractivity contribution in [3.05, 3.63) is 39.9 Å². The van der Waals surface area contributed by atoms with Crippen molar-refractivity contribution in [3.8, 4) is 0 Å². The SMILES string of the molecule is O=C(NC[C@H](OCCO)c1cccs1)Nc1cccs1. The van der Waals surface area contributed by atoms with Crippen LogP contribution in [-0.2, 0) is 4.74 Å². The van der Waals surface area contributed by atoms with E-state index in [1.54, 1.807) is 11.3 Å². The first-order valence-corrected chi connectivity index (χ1v) is 7.89. The zero-order valence-electron chi connectivity index (χ0n) is 10.7. The Balaban J connectivity index is 1.83. The van der Waals surface area contributed by atoms with E-state index in [4.69, 9.17) is 9.84 Å². The lowest BCUT2D eigenvalue weighted by Gasteiger charge is -2.16. The summed E-state index contributed by atoms with van der Waals surface area (Å²) in [4.78, 5) is 12.8. The van der Waals surface area contributed by atoms with Crippen molar-refractivity contribution >= 4 is 33.7 Å². The van der Waals surface area contributed by atoms with Gasteiger partial charge in [-0.05, 0) is 29.0 Å². The van der Waals surface area contributed by atoms with Gasteiger partial charge in [-0.15, -0.1) is 22.7 Å². The summed E-state index contributed by atoms with van der Waals surface area (Å²) < 4.78 is 5.54. The number of urea groups is 1. The molecule has 0 aromatic carbocycles. The van der Waals surface area contributed by atoms with Gasteiger partial charge in [0.2, 0.25) is 0 Å². The number of ether oxygens (including phenoxy) is 1. The molecule has 5 nitrogen and oxygen atoms in total. The highest BCUT2D eigenvalue weighted by atomic mass is 32.1. The van der Waals surface area contributed by atoms with Gasteiger partial charge in [0.15, 0.2) is 0 Å². The summed E-state index contributed by atoms with van der Waals surface area (Å²) in [6, 6.07) is 7.33. The van der Waals surface area contributed by atoms with E-state index < -0.39 is 0 Å². The number of carbonyl (C=O) groups is 1. The molecule has 0 unspecified atom stereocenters. The molecule has 0 bridgehead atoms. The summed E-state index contributed by atoms with van der Waals surface area (Å²) >= 11 is 3.03. The molecule has 0 radical (unpaired) electrons. The number of hydrogen-bond acceptors (Lipinski definition) is 5. The quantitative estimate of drug-likeness (QED) is 0.736. The first kappa shape index (κ1) is 15.0. The van der Waals surface area contributed by atoms with Crippen molar-refractivity contribution in [3.63, 3.8) is 0 Å². The minimum absolute atomic E-state index is 0.0384. The fraction of sp³-hybridized carbons (Fsp3) is 0.308. The van der Waals surface area contributed by atoms with Crippen LogP contribution in [-0.4, -0.2) is 30.9 Å². The molecule has 7 heteroatoms. The zero-order valence-corrected chi connectivity index (χ0v) is 12.4. The molecule has 20 heavy (non-hydrogen) atoms. The lowest BCUT2D eigenvalue weighted by Crippen LogP contribution is -2.33. The number of hydrogen-bond donors (Lipinski definition) is 3. The largest absolute Gasteiger partial charge is 0.394 e. The van der Waals surface area contributed by atoms with E-state index in [-0.39, 0.29) is 25.3 Å². The number of amides is 2. The van der Waals surface area contributed by atoms with Gasteiger partial charge in [0.05, 0.1) is 24.8 Å². The first-order chi connectivity index (χ1) is 9.79. The van der Waals surface area contributed by atoms with Crippen LogP contribution in [0.25, 0.3) is 0 Å². The summed E-state index contributed by atoms with van der Waals surface area (Å²) in [6.07, 6.45) is -0.240. The lowest BCUT2D eigenvalue weighted by molar-refractivity contribution is 0.0316. The summed E-state index contributed by atoms with van der Waals surface area (Å²) in [7, 11) is 0. The fourth-order valence-corrected chi connectivity index (χ4v) is 2.99. The Hall–Kier alpha value is -1.41. The highest BCUT2D eigenvalue weighted by Crippen LogP contribution is 2.22. The smallest absolute Gasteiger partial charge is 0.319 e. The van der Waals surface area contributed by atoms with Gasteiger partial charge in [-0.3, -0.25) is 5.32 Å². The van der Waals surface area contributed by atoms with Crippen LogP contribution in [0.1, 0.15) is 11.0 Å². The van der Waals surface area contributed by atoms with Gasteiger partial charge in [-0.1, -0.05) is 6.07 Å². The van der Waals surface area contributed by atoms with Crippen molar-refractivity contribution in [1.29, 1.82) is 0 Å². The molecular weight excluding hydrogens is 296 g/mol. The molecule has 0 aliphatic carbocycles. The standard InChI is InChI=1S/C13H16N2O3S2/c16-5-6-18-10(11-3-1-7-19-11)9-14-13(17)15-12-4-2-8-20-12/h1-4,7-8,10,16H,5-6,9H2,(H2,14,15,17)/t10-/m0/s1. The Morgan fingerprint density at radius 1 is 1.30 bits per heavy atom. The van der Waals surface area contributed by atoms with E-state index in [0.717, 1.165) is 9.88 Å². The third-order valence-electron chi connectivity index (χ3n) is 2.48. The van der Waals surface area contributed by atoms with Gasteiger partial charge in [-0.25, -0.2) is 4.79 Å². The second-order valence-electron chi connectivity index (χ2n) is 3.91. The molecule has 0 saturated carbocycles. The van der Waals surface area contributed by atoms with Crippen LogP contribution in [0.5, 0.6) is 0 Å². The molecule has 2 heterocycles. The second kappa shape index (κ2) is 8.01. The molecule has 0 aliphatic rings. The summed E-state index contributed by atoms with van der Waals surface area (Å²) in [5.74, 6) is 0. The average molecular weight is 312 g/mol. The van der Waals surface area contributed by atoms with E-state index in [9.17, 15) is 4.79 Å². The number of aliphatic hydroxyl groups excluding tert-OH is 1. The molecule has 0 aliphatic heterocycles. The van der Waals surface area contributed by atoms with Crippen LogP contribution in [0, 0.1) is 0 Å². The Kier molecular flexibility index (Phi) is 6.00. The molecule has 2 rings (SSSR count). The van der Waals surface area contributed by atoms with Crippen LogP contribution in [0.2, 0.25) is 0 Å². The lowest BCUT2D eigenvalue weighted by atomic mass is 10.3. The molecule has 1 atom stereocenters. The Labute approximate surface area is 125 Å². The van der Waals surface area contributed by atoms with Crippen molar-refractivity contribution in [1.82, 2.24) is 5.32 Å². The maximum Gasteiger partial charge on any atom is 0.319 e. The van der Waals surface area contributed by atoms with Crippen molar-refractivity contribution in [2.24, 2.45) is 0 Å². The molecule has 0 fully saturated rings. The van der Waals surface area contributed by atoms with Gasteiger partial charge in [-0.2, -0.15) is 0 Å². The summed E-state index contributed by atoms with van der Waals surface area (Å²) in [5.41, 5.74) is 0. The predicted octanol–water partition coefficient (Wildman–Crippen LogP) is 2.68. The summed E-state index contributed by atoms with van der Waals surface area (Å²) in [6.45, 7) is 0.567. The second-order valence-corrected chi connectivity index (χ2v) is 5.84. The third kappa shape index (κ3) is 4.61. The Bertz CT molecular complexity index is 500. The molecule has 108 valence electrons. The van der Waals surface area contributed by atoms with E-state index in [1.165, 1.54) is 11.3 Å². The molecule has 0 saturated heterocycles. The van der Waals surface area contributed by atoms with Crippen LogP contribution in [0.15, 0.2) is 35.0 Å². The maximum absolute atomic E-state index is 11.7. The van der Waals surface area contributed by atoms with Gasteiger partial charge in [0.25, 0.3) is 0 Å². The molecule has 2 aromatic heterocycles. The third-order valence-corrected chi connectivity index (χ3v) is 4.23. The van der Waals surface area contributed by atoms with Gasteiger partial charge in [0.1, 0.15) is 6.10 Å². The average Bonchev–Trinajstić information content (AvgIpc) is 3.11. The van der Waals surface area contributed by atoms with Crippen LogP contribution in [0.4, 0.5) is 9.80 Å². The van der Waals surface area contributed by atoms with Crippen LogP contribution < -0.4 is 10.6 Å². The number of rotatable bonds is 7. The number of thiophene rings is 2. The minimum atomic E-state index is -0.262. The predicted molar refractivity (Wildman–Crippen MR) is 81.4 cm³/mol. The topological polar surface area (TPSA) is 70.6 Å². The molecule has 0 spiro atoms. The number of aliphatic hydroxyl groups is 1. The van der Waals surface area contributed by atoms with Gasteiger partial charge >= 0.3 is 6.03 Å². The molecule has 3 N–H and O–H groups in total. The van der Waals surface area contributed by atoms with E-state index >= 15 is 0 Å². The van der Waals surface area contributed by atoms with E-state index in [0.29, 0.717) is 6.54 Å².